The summed E-state index contributed by atoms with van der Waals surface area (Å²) < 4.78 is 5.68. The van der Waals surface area contributed by atoms with Gasteiger partial charge in [-0.1, -0.05) is 30.3 Å². The molecule has 174 valence electrons. The molecule has 2 aliphatic rings. The third kappa shape index (κ3) is 6.34. The zero-order chi connectivity index (χ0) is 23.2. The van der Waals surface area contributed by atoms with Crippen molar-refractivity contribution in [2.75, 3.05) is 6.54 Å². The normalized spacial score (nSPS) is 16.1. The molecule has 2 aliphatic carbocycles. The van der Waals surface area contributed by atoms with Gasteiger partial charge >= 0.3 is 0 Å². The van der Waals surface area contributed by atoms with Crippen LogP contribution in [0.3, 0.4) is 0 Å². The number of carbonyl (C=O) groups excluding carboxylic acids is 2. The topological polar surface area (TPSA) is 106 Å². The number of hydrogen-bond acceptors (Lipinski definition) is 5. The first-order valence-corrected chi connectivity index (χ1v) is 11.7. The number of nitrogens with one attached hydrogen (secondary N) is 2. The maximum Gasteiger partial charge on any atom is 0.251 e. The SMILES string of the molecule is Cc1ccc(C(=O)NC2CCC2)cc1-c1ccc(CO/C(CNC(=O)CC2CC2)=N\N)cc1. The van der Waals surface area contributed by atoms with Gasteiger partial charge in [-0.2, -0.15) is 0 Å². The van der Waals surface area contributed by atoms with Crippen LogP contribution in [-0.4, -0.2) is 30.3 Å². The fraction of sp³-hybridized carbons (Fsp3) is 0.423. The van der Waals surface area contributed by atoms with E-state index in [-0.39, 0.29) is 18.4 Å². The average molecular weight is 449 g/mol. The van der Waals surface area contributed by atoms with Gasteiger partial charge in [0.2, 0.25) is 11.8 Å². The first kappa shape index (κ1) is 22.8. The molecule has 0 unspecified atom stereocenters. The molecule has 7 nitrogen and oxygen atoms in total. The Bertz CT molecular complexity index is 1020. The highest BCUT2D eigenvalue weighted by Crippen LogP contribution is 2.32. The Kier molecular flexibility index (Phi) is 7.27. The van der Waals surface area contributed by atoms with E-state index in [2.05, 4.69) is 15.7 Å². The van der Waals surface area contributed by atoms with Gasteiger partial charge in [0, 0.05) is 18.0 Å². The number of rotatable bonds is 9. The molecule has 0 bridgehead atoms. The number of hydrazone groups is 1. The van der Waals surface area contributed by atoms with E-state index in [9.17, 15) is 9.59 Å². The number of amides is 2. The summed E-state index contributed by atoms with van der Waals surface area (Å²) in [6.07, 6.45) is 6.15. The minimum atomic E-state index is -0.0104. The molecule has 0 radical (unpaired) electrons. The second-order valence-corrected chi connectivity index (χ2v) is 9.06. The number of nitrogens with zero attached hydrogens (tertiary/aromatic N) is 1. The van der Waals surface area contributed by atoms with Crippen LogP contribution in [0, 0.1) is 12.8 Å². The van der Waals surface area contributed by atoms with E-state index in [1.165, 1.54) is 6.42 Å². The molecule has 0 aromatic heterocycles. The van der Waals surface area contributed by atoms with Crippen LogP contribution in [0.1, 0.15) is 60.0 Å². The van der Waals surface area contributed by atoms with Crippen LogP contribution in [0.4, 0.5) is 0 Å². The van der Waals surface area contributed by atoms with Crippen molar-refractivity contribution in [3.63, 3.8) is 0 Å². The second-order valence-electron chi connectivity index (χ2n) is 9.06. The lowest BCUT2D eigenvalue weighted by atomic mass is 9.92. The van der Waals surface area contributed by atoms with E-state index in [1.807, 2.05) is 49.4 Å². The van der Waals surface area contributed by atoms with Crippen molar-refractivity contribution in [2.45, 2.75) is 58.1 Å². The van der Waals surface area contributed by atoms with E-state index in [4.69, 9.17) is 10.6 Å². The van der Waals surface area contributed by atoms with Crippen LogP contribution in [0.15, 0.2) is 47.6 Å². The van der Waals surface area contributed by atoms with Crippen LogP contribution >= 0.6 is 0 Å². The largest absolute Gasteiger partial charge is 0.474 e. The minimum absolute atomic E-state index is 0.00516. The zero-order valence-corrected chi connectivity index (χ0v) is 19.1. The summed E-state index contributed by atoms with van der Waals surface area (Å²) in [7, 11) is 0. The standard InChI is InChI=1S/C26H32N4O3/c1-17-5-10-21(26(32)29-22-3-2-4-22)14-23(17)20-11-8-19(9-12-20)16-33-25(30-27)15-28-24(31)13-18-6-7-18/h5,8-12,14,18,22H,2-4,6-7,13,15-16,27H2,1H3,(H,28,31)(H,29,32)/b30-25-. The maximum absolute atomic E-state index is 12.5. The lowest BCUT2D eigenvalue weighted by molar-refractivity contribution is -0.121. The van der Waals surface area contributed by atoms with Crippen LogP contribution in [0.5, 0.6) is 0 Å². The highest BCUT2D eigenvalue weighted by Gasteiger charge is 2.24. The molecule has 2 amide bonds. The minimum Gasteiger partial charge on any atom is -0.474 e. The molecule has 0 heterocycles. The highest BCUT2D eigenvalue weighted by molar-refractivity contribution is 5.96. The van der Waals surface area contributed by atoms with Crippen molar-refractivity contribution in [1.82, 2.24) is 10.6 Å². The van der Waals surface area contributed by atoms with Gasteiger partial charge in [-0.3, -0.25) is 9.59 Å². The van der Waals surface area contributed by atoms with Crippen LogP contribution < -0.4 is 16.5 Å². The molecule has 33 heavy (non-hydrogen) atoms. The van der Waals surface area contributed by atoms with Crippen LogP contribution in [0.2, 0.25) is 0 Å². The molecule has 2 aromatic carbocycles. The number of benzene rings is 2. The molecule has 2 fully saturated rings. The van der Waals surface area contributed by atoms with E-state index in [0.29, 0.717) is 36.4 Å². The fourth-order valence-electron chi connectivity index (χ4n) is 3.81. The molecule has 7 heteroatoms. The number of hydrogen-bond donors (Lipinski definition) is 3. The van der Waals surface area contributed by atoms with E-state index >= 15 is 0 Å². The Morgan fingerprint density at radius 1 is 1.09 bits per heavy atom. The first-order chi connectivity index (χ1) is 16.0. The number of carbonyl (C=O) groups is 2. The molecular formula is C26H32N4O3. The predicted molar refractivity (Wildman–Crippen MR) is 128 cm³/mol. The van der Waals surface area contributed by atoms with Gasteiger partial charge in [-0.05, 0) is 79.3 Å². The first-order valence-electron chi connectivity index (χ1n) is 11.7. The lowest BCUT2D eigenvalue weighted by Gasteiger charge is -2.26. The van der Waals surface area contributed by atoms with Gasteiger partial charge in [0.25, 0.3) is 5.91 Å². The summed E-state index contributed by atoms with van der Waals surface area (Å²) in [5, 5.41) is 9.55. The summed E-state index contributed by atoms with van der Waals surface area (Å²) >= 11 is 0. The van der Waals surface area contributed by atoms with Gasteiger partial charge in [-0.25, -0.2) is 0 Å². The van der Waals surface area contributed by atoms with Gasteiger partial charge < -0.3 is 21.2 Å². The third-order valence-corrected chi connectivity index (χ3v) is 6.36. The summed E-state index contributed by atoms with van der Waals surface area (Å²) in [5.41, 5.74) is 4.82. The van der Waals surface area contributed by atoms with Crippen molar-refractivity contribution in [1.29, 1.82) is 0 Å². The Morgan fingerprint density at radius 2 is 1.85 bits per heavy atom. The Hall–Kier alpha value is -3.35. The molecular weight excluding hydrogens is 416 g/mol. The van der Waals surface area contributed by atoms with Gasteiger partial charge in [0.1, 0.15) is 6.61 Å². The zero-order valence-electron chi connectivity index (χ0n) is 19.1. The molecule has 2 saturated carbocycles. The van der Waals surface area contributed by atoms with Gasteiger partial charge in [0.05, 0.1) is 6.54 Å². The lowest BCUT2D eigenvalue weighted by Crippen LogP contribution is -2.39. The number of ether oxygens (including phenoxy) is 1. The second kappa shape index (κ2) is 10.5. The molecule has 4 N–H and O–H groups in total. The van der Waals surface area contributed by atoms with E-state index in [1.54, 1.807) is 0 Å². The molecule has 0 spiro atoms. The average Bonchev–Trinajstić information content (AvgIpc) is 3.61. The monoisotopic (exact) mass is 448 g/mol. The Labute approximate surface area is 194 Å². The maximum atomic E-state index is 12.5. The number of aryl methyl sites for hydroxylation is 1. The molecule has 0 atom stereocenters. The summed E-state index contributed by atoms with van der Waals surface area (Å²) in [5.74, 6) is 6.24. The predicted octanol–water partition coefficient (Wildman–Crippen LogP) is 3.65. The quantitative estimate of drug-likeness (QED) is 0.236. The van der Waals surface area contributed by atoms with E-state index < -0.39 is 0 Å². The summed E-state index contributed by atoms with van der Waals surface area (Å²) in [6, 6.07) is 14.1. The van der Waals surface area contributed by atoms with Gasteiger partial charge in [-0.15, -0.1) is 5.10 Å². The smallest absolute Gasteiger partial charge is 0.251 e. The van der Waals surface area contributed by atoms with Crippen LogP contribution in [0.25, 0.3) is 11.1 Å². The van der Waals surface area contributed by atoms with Crippen molar-refractivity contribution in [2.24, 2.45) is 16.9 Å². The molecule has 0 aliphatic heterocycles. The molecule has 0 saturated heterocycles. The fourth-order valence-corrected chi connectivity index (χ4v) is 3.81. The Balaban J connectivity index is 1.33. The van der Waals surface area contributed by atoms with Crippen molar-refractivity contribution in [3.05, 3.63) is 59.2 Å². The third-order valence-electron chi connectivity index (χ3n) is 6.36. The Morgan fingerprint density at radius 3 is 2.48 bits per heavy atom. The van der Waals surface area contributed by atoms with Crippen molar-refractivity contribution in [3.8, 4) is 11.1 Å². The highest BCUT2D eigenvalue weighted by atomic mass is 16.5. The van der Waals surface area contributed by atoms with Crippen LogP contribution in [-0.2, 0) is 16.1 Å². The molecule has 2 aromatic rings. The van der Waals surface area contributed by atoms with Crippen molar-refractivity contribution < 1.29 is 14.3 Å². The number of nitrogens with two attached hydrogens (primary N) is 1. The van der Waals surface area contributed by atoms with Gasteiger partial charge in [0.15, 0.2) is 0 Å². The summed E-state index contributed by atoms with van der Waals surface area (Å²) in [4.78, 5) is 24.4. The van der Waals surface area contributed by atoms with Crippen molar-refractivity contribution >= 4 is 17.7 Å². The molecule has 4 rings (SSSR count). The summed E-state index contributed by atoms with van der Waals surface area (Å²) in [6.45, 7) is 2.54. The van der Waals surface area contributed by atoms with E-state index in [0.717, 1.165) is 47.9 Å².